The molecule has 2 aliphatic rings. The fourth-order valence-corrected chi connectivity index (χ4v) is 4.09. The van der Waals surface area contributed by atoms with E-state index in [0.29, 0.717) is 25.4 Å². The minimum atomic E-state index is -0.313. The SMILES string of the molecule is O=C(N[C@@H](CCO)C1CCCCC1)[C@H]1CC(=O)N(Cc2ccco2)C1. The summed E-state index contributed by atoms with van der Waals surface area (Å²) in [6.45, 7) is 0.926. The number of carbonyl (C=O) groups excluding carboxylic acids is 2. The van der Waals surface area contributed by atoms with Gasteiger partial charge in [-0.05, 0) is 37.3 Å². The number of furan rings is 1. The topological polar surface area (TPSA) is 82.8 Å². The summed E-state index contributed by atoms with van der Waals surface area (Å²) in [6, 6.07) is 3.65. The monoisotopic (exact) mass is 348 g/mol. The molecule has 1 saturated carbocycles. The Morgan fingerprint density at radius 2 is 2.16 bits per heavy atom. The fraction of sp³-hybridized carbons (Fsp3) is 0.684. The van der Waals surface area contributed by atoms with Crippen molar-refractivity contribution in [2.45, 2.75) is 57.5 Å². The van der Waals surface area contributed by atoms with Gasteiger partial charge in [0, 0.05) is 25.6 Å². The van der Waals surface area contributed by atoms with Crippen molar-refractivity contribution in [3.8, 4) is 0 Å². The Balaban J connectivity index is 1.55. The molecule has 1 aromatic heterocycles. The van der Waals surface area contributed by atoms with Crippen LogP contribution in [0, 0.1) is 11.8 Å². The van der Waals surface area contributed by atoms with Gasteiger partial charge in [-0.1, -0.05) is 19.3 Å². The Labute approximate surface area is 148 Å². The lowest BCUT2D eigenvalue weighted by atomic mass is 9.82. The van der Waals surface area contributed by atoms with Crippen LogP contribution in [0.25, 0.3) is 0 Å². The van der Waals surface area contributed by atoms with E-state index in [-0.39, 0.29) is 36.8 Å². The van der Waals surface area contributed by atoms with Gasteiger partial charge in [0.15, 0.2) is 0 Å². The number of hydrogen-bond donors (Lipinski definition) is 2. The van der Waals surface area contributed by atoms with Crippen LogP contribution in [-0.2, 0) is 16.1 Å². The molecule has 0 unspecified atom stereocenters. The highest BCUT2D eigenvalue weighted by Crippen LogP contribution is 2.28. The number of nitrogens with zero attached hydrogens (tertiary/aromatic N) is 1. The molecule has 3 rings (SSSR count). The third kappa shape index (κ3) is 4.63. The molecule has 138 valence electrons. The van der Waals surface area contributed by atoms with E-state index in [1.807, 2.05) is 6.07 Å². The molecule has 0 bridgehead atoms. The summed E-state index contributed by atoms with van der Waals surface area (Å²) >= 11 is 0. The average molecular weight is 348 g/mol. The maximum Gasteiger partial charge on any atom is 0.225 e. The molecule has 1 aliphatic carbocycles. The van der Waals surface area contributed by atoms with E-state index in [2.05, 4.69) is 5.32 Å². The van der Waals surface area contributed by atoms with Gasteiger partial charge in [0.2, 0.25) is 11.8 Å². The van der Waals surface area contributed by atoms with E-state index in [1.54, 1.807) is 17.2 Å². The number of amides is 2. The quantitative estimate of drug-likeness (QED) is 0.790. The summed E-state index contributed by atoms with van der Waals surface area (Å²) in [5, 5.41) is 12.5. The first-order valence-corrected chi connectivity index (χ1v) is 9.38. The van der Waals surface area contributed by atoms with Crippen LogP contribution in [0.2, 0.25) is 0 Å². The van der Waals surface area contributed by atoms with Crippen molar-refractivity contribution in [3.63, 3.8) is 0 Å². The van der Waals surface area contributed by atoms with Gasteiger partial charge in [-0.3, -0.25) is 9.59 Å². The van der Waals surface area contributed by atoms with Crippen LogP contribution in [0.4, 0.5) is 0 Å². The number of nitrogens with one attached hydrogen (secondary N) is 1. The normalized spacial score (nSPS) is 23.0. The zero-order valence-electron chi connectivity index (χ0n) is 14.7. The third-order valence-corrected chi connectivity index (χ3v) is 5.50. The van der Waals surface area contributed by atoms with E-state index in [1.165, 1.54) is 19.3 Å². The fourth-order valence-electron chi connectivity index (χ4n) is 4.09. The summed E-state index contributed by atoms with van der Waals surface area (Å²) in [6.07, 6.45) is 8.30. The van der Waals surface area contributed by atoms with E-state index >= 15 is 0 Å². The van der Waals surface area contributed by atoms with Crippen LogP contribution in [-0.4, -0.2) is 41.0 Å². The molecule has 2 atom stereocenters. The predicted octanol–water partition coefficient (Wildman–Crippen LogP) is 2.08. The van der Waals surface area contributed by atoms with Gasteiger partial charge in [0.25, 0.3) is 0 Å². The summed E-state index contributed by atoms with van der Waals surface area (Å²) in [4.78, 5) is 26.5. The second-order valence-electron chi connectivity index (χ2n) is 7.28. The lowest BCUT2D eigenvalue weighted by Crippen LogP contribution is -2.44. The lowest BCUT2D eigenvalue weighted by molar-refractivity contribution is -0.129. The first kappa shape index (κ1) is 18.0. The summed E-state index contributed by atoms with van der Waals surface area (Å²) in [7, 11) is 0. The number of rotatable bonds is 7. The molecular formula is C19H28N2O4. The van der Waals surface area contributed by atoms with Crippen molar-refractivity contribution in [3.05, 3.63) is 24.2 Å². The van der Waals surface area contributed by atoms with Crippen molar-refractivity contribution in [1.82, 2.24) is 10.2 Å². The largest absolute Gasteiger partial charge is 0.467 e. The van der Waals surface area contributed by atoms with E-state index in [4.69, 9.17) is 4.42 Å². The van der Waals surface area contributed by atoms with Gasteiger partial charge >= 0.3 is 0 Å². The van der Waals surface area contributed by atoms with Crippen LogP contribution < -0.4 is 5.32 Å². The smallest absolute Gasteiger partial charge is 0.225 e. The maximum absolute atomic E-state index is 12.7. The molecule has 0 spiro atoms. The van der Waals surface area contributed by atoms with Crippen LogP contribution in [0.1, 0.15) is 50.7 Å². The second-order valence-corrected chi connectivity index (χ2v) is 7.28. The Hall–Kier alpha value is -1.82. The maximum atomic E-state index is 12.7. The standard InChI is InChI=1S/C19H28N2O4/c22-9-8-17(14-5-2-1-3-6-14)20-19(24)15-11-18(23)21(12-15)13-16-7-4-10-25-16/h4,7,10,14-15,17,22H,1-3,5-6,8-9,11-13H2,(H,20,24)/t15-,17-/m0/s1. The number of carbonyl (C=O) groups is 2. The van der Waals surface area contributed by atoms with Crippen molar-refractivity contribution in [1.29, 1.82) is 0 Å². The molecule has 1 aromatic rings. The summed E-state index contributed by atoms with van der Waals surface area (Å²) in [5.74, 6) is 0.801. The molecule has 1 aliphatic heterocycles. The van der Waals surface area contributed by atoms with Crippen molar-refractivity contribution in [2.75, 3.05) is 13.2 Å². The number of likely N-dealkylation sites (tertiary alicyclic amines) is 1. The van der Waals surface area contributed by atoms with E-state index in [9.17, 15) is 14.7 Å². The zero-order chi connectivity index (χ0) is 17.6. The Morgan fingerprint density at radius 3 is 2.84 bits per heavy atom. The molecule has 6 nitrogen and oxygen atoms in total. The second kappa shape index (κ2) is 8.52. The van der Waals surface area contributed by atoms with E-state index < -0.39 is 0 Å². The minimum absolute atomic E-state index is 0.00655. The highest BCUT2D eigenvalue weighted by molar-refractivity contribution is 5.89. The molecule has 2 fully saturated rings. The van der Waals surface area contributed by atoms with Gasteiger partial charge in [0.05, 0.1) is 18.7 Å². The van der Waals surface area contributed by atoms with Gasteiger partial charge in [-0.25, -0.2) is 0 Å². The molecule has 0 radical (unpaired) electrons. The molecule has 2 amide bonds. The van der Waals surface area contributed by atoms with Gasteiger partial charge < -0.3 is 19.7 Å². The molecule has 25 heavy (non-hydrogen) atoms. The predicted molar refractivity (Wildman–Crippen MR) is 92.4 cm³/mol. The Kier molecular flexibility index (Phi) is 6.13. The van der Waals surface area contributed by atoms with Crippen molar-refractivity contribution < 1.29 is 19.1 Å². The molecule has 1 saturated heterocycles. The van der Waals surface area contributed by atoms with Gasteiger partial charge in [0.1, 0.15) is 5.76 Å². The van der Waals surface area contributed by atoms with Crippen LogP contribution in [0.15, 0.2) is 22.8 Å². The van der Waals surface area contributed by atoms with Crippen LogP contribution in [0.3, 0.4) is 0 Å². The number of aliphatic hydroxyl groups excluding tert-OH is 1. The van der Waals surface area contributed by atoms with Gasteiger partial charge in [-0.15, -0.1) is 0 Å². The van der Waals surface area contributed by atoms with Gasteiger partial charge in [-0.2, -0.15) is 0 Å². The van der Waals surface area contributed by atoms with Crippen LogP contribution >= 0.6 is 0 Å². The first-order valence-electron chi connectivity index (χ1n) is 9.38. The molecule has 0 aromatic carbocycles. The highest BCUT2D eigenvalue weighted by Gasteiger charge is 2.36. The molecule has 2 N–H and O–H groups in total. The van der Waals surface area contributed by atoms with E-state index in [0.717, 1.165) is 18.6 Å². The minimum Gasteiger partial charge on any atom is -0.467 e. The van der Waals surface area contributed by atoms with Crippen LogP contribution in [0.5, 0.6) is 0 Å². The summed E-state index contributed by atoms with van der Waals surface area (Å²) < 4.78 is 5.29. The highest BCUT2D eigenvalue weighted by atomic mass is 16.3. The third-order valence-electron chi connectivity index (χ3n) is 5.50. The summed E-state index contributed by atoms with van der Waals surface area (Å²) in [5.41, 5.74) is 0. The first-order chi connectivity index (χ1) is 12.2. The number of hydrogen-bond acceptors (Lipinski definition) is 4. The molecule has 2 heterocycles. The number of aliphatic hydroxyl groups is 1. The van der Waals surface area contributed by atoms with Crippen molar-refractivity contribution >= 4 is 11.8 Å². The average Bonchev–Trinajstić information content (AvgIpc) is 3.26. The molecule has 6 heteroatoms. The molecular weight excluding hydrogens is 320 g/mol. The zero-order valence-corrected chi connectivity index (χ0v) is 14.7. The Morgan fingerprint density at radius 1 is 1.36 bits per heavy atom. The Bertz CT molecular complexity index is 566. The van der Waals surface area contributed by atoms with Crippen molar-refractivity contribution in [2.24, 2.45) is 11.8 Å². The lowest BCUT2D eigenvalue weighted by Gasteiger charge is -2.31.